The van der Waals surface area contributed by atoms with Crippen molar-refractivity contribution in [3.63, 3.8) is 0 Å². The van der Waals surface area contributed by atoms with Crippen LogP contribution in [0.3, 0.4) is 0 Å². The number of anilines is 1. The van der Waals surface area contributed by atoms with Crippen molar-refractivity contribution >= 4 is 28.5 Å². The molecule has 3 heterocycles. The number of benzene rings is 1. The normalized spacial score (nSPS) is 16.9. The Hall–Kier alpha value is -3.09. The van der Waals surface area contributed by atoms with Crippen LogP contribution in [-0.2, 0) is 22.7 Å². The first-order chi connectivity index (χ1) is 14.1. The van der Waals surface area contributed by atoms with Crippen LogP contribution in [-0.4, -0.2) is 44.2 Å². The third-order valence-corrected chi connectivity index (χ3v) is 5.56. The van der Waals surface area contributed by atoms with Gasteiger partial charge in [0, 0.05) is 50.0 Å². The van der Waals surface area contributed by atoms with Crippen molar-refractivity contribution in [2.24, 2.45) is 5.92 Å². The molecule has 0 unspecified atom stereocenters. The van der Waals surface area contributed by atoms with Crippen molar-refractivity contribution in [3.8, 4) is 0 Å². The van der Waals surface area contributed by atoms with Gasteiger partial charge in [-0.15, -0.1) is 0 Å². The summed E-state index contributed by atoms with van der Waals surface area (Å²) in [5.41, 5.74) is 1.07. The molecule has 29 heavy (non-hydrogen) atoms. The molecule has 0 saturated carbocycles. The molecule has 7 nitrogen and oxygen atoms in total. The highest BCUT2D eigenvalue weighted by Crippen LogP contribution is 2.22. The van der Waals surface area contributed by atoms with Crippen molar-refractivity contribution in [3.05, 3.63) is 48.8 Å². The smallest absolute Gasteiger partial charge is 0.242 e. The number of piperidine rings is 1. The van der Waals surface area contributed by atoms with E-state index in [2.05, 4.69) is 16.5 Å². The Bertz CT molecular complexity index is 1010. The molecule has 1 aliphatic heterocycles. The number of carbonyl (C=O) groups excluding carboxylic acids is 2. The fourth-order valence-corrected chi connectivity index (χ4v) is 4.04. The minimum Gasteiger partial charge on any atom is -0.341 e. The Morgan fingerprint density at radius 3 is 2.86 bits per heavy atom. The third kappa shape index (κ3) is 4.50. The van der Waals surface area contributed by atoms with Crippen molar-refractivity contribution in [2.75, 3.05) is 18.4 Å². The molecule has 1 saturated heterocycles. The fraction of sp³-hybridized carbons (Fsp3) is 0.409. The van der Waals surface area contributed by atoms with Crippen LogP contribution in [0, 0.1) is 5.92 Å². The maximum absolute atomic E-state index is 12.9. The lowest BCUT2D eigenvalue weighted by Gasteiger charge is -2.32. The van der Waals surface area contributed by atoms with E-state index in [0.29, 0.717) is 25.3 Å². The largest absolute Gasteiger partial charge is 0.341 e. The van der Waals surface area contributed by atoms with Gasteiger partial charge in [-0.2, -0.15) is 5.10 Å². The highest BCUT2D eigenvalue weighted by Gasteiger charge is 2.25. The summed E-state index contributed by atoms with van der Waals surface area (Å²) < 4.78 is 3.78. The second-order valence-electron chi connectivity index (χ2n) is 7.66. The Morgan fingerprint density at radius 1 is 1.17 bits per heavy atom. The first-order valence-corrected chi connectivity index (χ1v) is 10.3. The van der Waals surface area contributed by atoms with Gasteiger partial charge in [-0.25, -0.2) is 0 Å². The van der Waals surface area contributed by atoms with E-state index in [1.165, 1.54) is 0 Å². The first-order valence-electron chi connectivity index (χ1n) is 10.3. The van der Waals surface area contributed by atoms with Crippen LogP contribution in [0.25, 0.3) is 10.9 Å². The third-order valence-electron chi connectivity index (χ3n) is 5.56. The Labute approximate surface area is 170 Å². The van der Waals surface area contributed by atoms with Crippen LogP contribution >= 0.6 is 0 Å². The summed E-state index contributed by atoms with van der Waals surface area (Å²) in [5, 5.41) is 8.29. The molecule has 7 heteroatoms. The molecule has 3 aromatic rings. The summed E-state index contributed by atoms with van der Waals surface area (Å²) in [6.07, 6.45) is 6.12. The molecule has 152 valence electrons. The molecule has 0 bridgehead atoms. The predicted molar refractivity (Wildman–Crippen MR) is 112 cm³/mol. The number of nitrogens with zero attached hydrogens (tertiary/aromatic N) is 4. The summed E-state index contributed by atoms with van der Waals surface area (Å²) in [6.45, 7) is 4.50. The summed E-state index contributed by atoms with van der Waals surface area (Å²) >= 11 is 0. The molecule has 1 atom stereocenters. The van der Waals surface area contributed by atoms with Crippen LogP contribution in [0.5, 0.6) is 0 Å². The van der Waals surface area contributed by atoms with Crippen LogP contribution in [0.2, 0.25) is 0 Å². The highest BCUT2D eigenvalue weighted by atomic mass is 16.2. The van der Waals surface area contributed by atoms with Crippen molar-refractivity contribution in [1.29, 1.82) is 0 Å². The zero-order chi connectivity index (χ0) is 20.2. The standard InChI is InChI=1S/C22H27N5O2/c1-2-27-13-10-20(24-27)23-21(28)14-17-6-5-11-26(15-17)22(29)16-25-12-9-18-7-3-4-8-19(18)25/h3-4,7-10,12-13,17H,2,5-6,11,14-16H2,1H3,(H,23,24,28)/t17-/m0/s1. The molecule has 2 aromatic heterocycles. The van der Waals surface area contributed by atoms with Gasteiger partial charge in [0.2, 0.25) is 11.8 Å². The van der Waals surface area contributed by atoms with Crippen molar-refractivity contribution in [2.45, 2.75) is 39.3 Å². The molecule has 2 amide bonds. The van der Waals surface area contributed by atoms with Crippen LogP contribution < -0.4 is 5.32 Å². The Morgan fingerprint density at radius 2 is 2.03 bits per heavy atom. The molecular formula is C22H27N5O2. The number of para-hydroxylation sites is 1. The SMILES string of the molecule is CCn1ccc(NC(=O)C[C@@H]2CCCN(C(=O)Cn3ccc4ccccc43)C2)n1. The van der Waals surface area contributed by atoms with E-state index in [1.807, 2.05) is 53.0 Å². The Balaban J connectivity index is 1.32. The van der Waals surface area contributed by atoms with Crippen molar-refractivity contribution in [1.82, 2.24) is 19.2 Å². The molecule has 0 aliphatic carbocycles. The number of likely N-dealkylation sites (tertiary alicyclic amines) is 1. The number of aromatic nitrogens is 3. The van der Waals surface area contributed by atoms with Gasteiger partial charge in [-0.1, -0.05) is 18.2 Å². The molecule has 0 radical (unpaired) electrons. The van der Waals surface area contributed by atoms with E-state index in [1.54, 1.807) is 10.7 Å². The molecule has 1 aliphatic rings. The van der Waals surface area contributed by atoms with Gasteiger partial charge in [0.15, 0.2) is 5.82 Å². The van der Waals surface area contributed by atoms with Gasteiger partial charge in [0.1, 0.15) is 6.54 Å². The lowest BCUT2D eigenvalue weighted by Crippen LogP contribution is -2.42. The predicted octanol–water partition coefficient (Wildman–Crippen LogP) is 3.13. The zero-order valence-electron chi connectivity index (χ0n) is 16.8. The monoisotopic (exact) mass is 393 g/mol. The Kier molecular flexibility index (Phi) is 5.64. The fourth-order valence-electron chi connectivity index (χ4n) is 4.04. The van der Waals surface area contributed by atoms with E-state index in [0.717, 1.165) is 36.8 Å². The quantitative estimate of drug-likeness (QED) is 0.699. The van der Waals surface area contributed by atoms with Crippen LogP contribution in [0.15, 0.2) is 48.8 Å². The first kappa shape index (κ1) is 19.2. The summed E-state index contributed by atoms with van der Waals surface area (Å²) in [7, 11) is 0. The maximum atomic E-state index is 12.9. The molecule has 0 spiro atoms. The molecule has 1 aromatic carbocycles. The number of fused-ring (bicyclic) bond motifs is 1. The van der Waals surface area contributed by atoms with Crippen LogP contribution in [0.1, 0.15) is 26.2 Å². The number of hydrogen-bond acceptors (Lipinski definition) is 3. The number of hydrogen-bond donors (Lipinski definition) is 1. The average Bonchev–Trinajstić information content (AvgIpc) is 3.35. The summed E-state index contributed by atoms with van der Waals surface area (Å²) in [4.78, 5) is 27.2. The number of aryl methyl sites for hydroxylation is 1. The van der Waals surface area contributed by atoms with Crippen LogP contribution in [0.4, 0.5) is 5.82 Å². The van der Waals surface area contributed by atoms with Gasteiger partial charge in [-0.3, -0.25) is 14.3 Å². The van der Waals surface area contributed by atoms with E-state index in [-0.39, 0.29) is 17.7 Å². The van der Waals surface area contributed by atoms with Gasteiger partial charge in [0.05, 0.1) is 0 Å². The van der Waals surface area contributed by atoms with E-state index >= 15 is 0 Å². The maximum Gasteiger partial charge on any atom is 0.242 e. The number of nitrogens with one attached hydrogen (secondary N) is 1. The van der Waals surface area contributed by atoms with Gasteiger partial charge < -0.3 is 14.8 Å². The van der Waals surface area contributed by atoms with Gasteiger partial charge in [0.25, 0.3) is 0 Å². The highest BCUT2D eigenvalue weighted by molar-refractivity contribution is 5.90. The number of carbonyl (C=O) groups is 2. The average molecular weight is 393 g/mol. The molecule has 1 fully saturated rings. The molecule has 1 N–H and O–H groups in total. The minimum absolute atomic E-state index is 0.0398. The number of amides is 2. The lowest BCUT2D eigenvalue weighted by molar-refractivity contribution is -0.134. The second-order valence-corrected chi connectivity index (χ2v) is 7.66. The van der Waals surface area contributed by atoms with E-state index in [9.17, 15) is 9.59 Å². The number of rotatable bonds is 6. The summed E-state index contributed by atoms with van der Waals surface area (Å²) in [6, 6.07) is 11.9. The van der Waals surface area contributed by atoms with Gasteiger partial charge >= 0.3 is 0 Å². The van der Waals surface area contributed by atoms with Gasteiger partial charge in [-0.05, 0) is 43.2 Å². The van der Waals surface area contributed by atoms with E-state index in [4.69, 9.17) is 0 Å². The molecule has 4 rings (SSSR count). The molecular weight excluding hydrogens is 366 g/mol. The second kappa shape index (κ2) is 8.51. The summed E-state index contributed by atoms with van der Waals surface area (Å²) in [5.74, 6) is 0.836. The van der Waals surface area contributed by atoms with E-state index < -0.39 is 0 Å². The minimum atomic E-state index is -0.0398. The topological polar surface area (TPSA) is 72.2 Å². The van der Waals surface area contributed by atoms with Crippen molar-refractivity contribution < 1.29 is 9.59 Å². The lowest BCUT2D eigenvalue weighted by atomic mass is 9.94. The zero-order valence-corrected chi connectivity index (χ0v) is 16.8.